The van der Waals surface area contributed by atoms with Gasteiger partial charge < -0.3 is 4.90 Å². The Bertz CT molecular complexity index is 1280. The van der Waals surface area contributed by atoms with Crippen LogP contribution in [0.2, 0.25) is 0 Å². The van der Waals surface area contributed by atoms with Crippen LogP contribution in [0.25, 0.3) is 32.0 Å². The summed E-state index contributed by atoms with van der Waals surface area (Å²) >= 11 is 3.18. The molecule has 3 aromatic heterocycles. The minimum atomic E-state index is -3.60. The van der Waals surface area contributed by atoms with Gasteiger partial charge in [0.1, 0.15) is 10.6 Å². The molecule has 1 aromatic carbocycles. The SMILES string of the molecule is NS(=O)(=O)C1CCCN(c2nc(-c3cccs3)nc3scc(-c4ccccc4)c23)C1. The van der Waals surface area contributed by atoms with E-state index in [2.05, 4.69) is 22.4 Å². The van der Waals surface area contributed by atoms with Crippen LogP contribution in [0.15, 0.2) is 53.2 Å². The van der Waals surface area contributed by atoms with Gasteiger partial charge in [-0.2, -0.15) is 0 Å². The lowest BCUT2D eigenvalue weighted by atomic mass is 10.0. The van der Waals surface area contributed by atoms with Crippen molar-refractivity contribution in [2.45, 2.75) is 18.1 Å². The van der Waals surface area contributed by atoms with Crippen molar-refractivity contribution in [1.29, 1.82) is 0 Å². The fraction of sp³-hybridized carbons (Fsp3) is 0.238. The smallest absolute Gasteiger partial charge is 0.213 e. The number of hydrogen-bond donors (Lipinski definition) is 1. The van der Waals surface area contributed by atoms with Crippen molar-refractivity contribution in [3.63, 3.8) is 0 Å². The van der Waals surface area contributed by atoms with E-state index in [-0.39, 0.29) is 0 Å². The highest BCUT2D eigenvalue weighted by Gasteiger charge is 2.31. The summed E-state index contributed by atoms with van der Waals surface area (Å²) in [5.41, 5.74) is 2.17. The van der Waals surface area contributed by atoms with E-state index in [1.54, 1.807) is 22.7 Å². The molecule has 4 aromatic rings. The lowest BCUT2D eigenvalue weighted by molar-refractivity contribution is 0.531. The van der Waals surface area contributed by atoms with Crippen molar-refractivity contribution >= 4 is 48.7 Å². The van der Waals surface area contributed by atoms with Gasteiger partial charge in [-0.1, -0.05) is 36.4 Å². The van der Waals surface area contributed by atoms with Crippen molar-refractivity contribution in [3.8, 4) is 21.8 Å². The highest BCUT2D eigenvalue weighted by molar-refractivity contribution is 7.89. The predicted molar refractivity (Wildman–Crippen MR) is 125 cm³/mol. The molecule has 0 radical (unpaired) electrons. The molecule has 9 heteroatoms. The maximum Gasteiger partial charge on any atom is 0.213 e. The molecular weight excluding hydrogens is 436 g/mol. The number of rotatable bonds is 4. The predicted octanol–water partition coefficient (Wildman–Crippen LogP) is 4.34. The van der Waals surface area contributed by atoms with Gasteiger partial charge in [-0.05, 0) is 29.9 Å². The molecule has 30 heavy (non-hydrogen) atoms. The molecular formula is C21H20N4O2S3. The average Bonchev–Trinajstić information content (AvgIpc) is 3.43. The average molecular weight is 457 g/mol. The molecule has 1 atom stereocenters. The molecule has 1 saturated heterocycles. The van der Waals surface area contributed by atoms with Gasteiger partial charge in [0, 0.05) is 24.0 Å². The summed E-state index contributed by atoms with van der Waals surface area (Å²) in [6.45, 7) is 1.09. The van der Waals surface area contributed by atoms with Crippen molar-refractivity contribution in [2.75, 3.05) is 18.0 Å². The Balaban J connectivity index is 1.70. The molecule has 154 valence electrons. The summed E-state index contributed by atoms with van der Waals surface area (Å²) in [6, 6.07) is 14.1. The first kappa shape index (κ1) is 19.6. The van der Waals surface area contributed by atoms with Crippen LogP contribution in [0.4, 0.5) is 5.82 Å². The van der Waals surface area contributed by atoms with E-state index in [0.29, 0.717) is 18.8 Å². The van der Waals surface area contributed by atoms with Crippen LogP contribution in [-0.2, 0) is 10.0 Å². The normalized spacial score (nSPS) is 17.5. The molecule has 4 heterocycles. The van der Waals surface area contributed by atoms with Crippen LogP contribution < -0.4 is 10.0 Å². The Morgan fingerprint density at radius 2 is 1.90 bits per heavy atom. The van der Waals surface area contributed by atoms with E-state index >= 15 is 0 Å². The van der Waals surface area contributed by atoms with Gasteiger partial charge in [-0.3, -0.25) is 0 Å². The Kier molecular flexibility index (Phi) is 5.06. The number of nitrogens with two attached hydrogens (primary N) is 1. The quantitative estimate of drug-likeness (QED) is 0.493. The molecule has 0 saturated carbocycles. The zero-order chi connectivity index (χ0) is 20.7. The third-order valence-corrected chi connectivity index (χ3v) is 8.44. The second-order valence-electron chi connectivity index (χ2n) is 7.34. The summed E-state index contributed by atoms with van der Waals surface area (Å²) in [4.78, 5) is 13.7. The number of benzene rings is 1. The van der Waals surface area contributed by atoms with Gasteiger partial charge >= 0.3 is 0 Å². The number of fused-ring (bicyclic) bond motifs is 1. The molecule has 1 aliphatic heterocycles. The Labute approximate surface area is 183 Å². The second-order valence-corrected chi connectivity index (χ2v) is 11.0. The molecule has 0 spiro atoms. The first-order valence-electron chi connectivity index (χ1n) is 9.66. The Hall–Kier alpha value is -2.33. The topological polar surface area (TPSA) is 89.2 Å². The lowest BCUT2D eigenvalue weighted by Crippen LogP contribution is -2.45. The number of piperidine rings is 1. The molecule has 0 amide bonds. The van der Waals surface area contributed by atoms with E-state index in [4.69, 9.17) is 15.1 Å². The maximum absolute atomic E-state index is 12.0. The van der Waals surface area contributed by atoms with Gasteiger partial charge in [-0.15, -0.1) is 22.7 Å². The first-order chi connectivity index (χ1) is 14.5. The highest BCUT2D eigenvalue weighted by atomic mass is 32.2. The summed E-state index contributed by atoms with van der Waals surface area (Å²) in [6.07, 6.45) is 1.34. The zero-order valence-electron chi connectivity index (χ0n) is 16.1. The molecule has 2 N–H and O–H groups in total. The van der Waals surface area contributed by atoms with Crippen LogP contribution in [0.5, 0.6) is 0 Å². The number of hydrogen-bond acceptors (Lipinski definition) is 7. The van der Waals surface area contributed by atoms with Gasteiger partial charge in [-0.25, -0.2) is 23.5 Å². The van der Waals surface area contributed by atoms with Crippen LogP contribution in [0.3, 0.4) is 0 Å². The number of primary sulfonamides is 1. The fourth-order valence-corrected chi connectivity index (χ4v) is 6.38. The molecule has 1 fully saturated rings. The van der Waals surface area contributed by atoms with Crippen LogP contribution in [0.1, 0.15) is 12.8 Å². The second kappa shape index (κ2) is 7.73. The Morgan fingerprint density at radius 3 is 2.63 bits per heavy atom. The third-order valence-electron chi connectivity index (χ3n) is 5.38. The highest BCUT2D eigenvalue weighted by Crippen LogP contribution is 2.40. The van der Waals surface area contributed by atoms with E-state index in [0.717, 1.165) is 45.0 Å². The summed E-state index contributed by atoms with van der Waals surface area (Å²) in [5, 5.41) is 9.99. The third kappa shape index (κ3) is 3.62. The number of aromatic nitrogens is 2. The zero-order valence-corrected chi connectivity index (χ0v) is 18.5. The van der Waals surface area contributed by atoms with Gasteiger partial charge in [0.15, 0.2) is 5.82 Å². The monoisotopic (exact) mass is 456 g/mol. The Morgan fingerprint density at radius 1 is 1.07 bits per heavy atom. The lowest BCUT2D eigenvalue weighted by Gasteiger charge is -2.33. The van der Waals surface area contributed by atoms with Crippen molar-refractivity contribution in [1.82, 2.24) is 9.97 Å². The number of sulfonamides is 1. The molecule has 6 nitrogen and oxygen atoms in total. The molecule has 1 aliphatic rings. The van der Waals surface area contributed by atoms with Crippen molar-refractivity contribution in [2.24, 2.45) is 5.14 Å². The summed E-state index contributed by atoms with van der Waals surface area (Å²) in [5.74, 6) is 1.46. The van der Waals surface area contributed by atoms with E-state index in [1.807, 2.05) is 35.7 Å². The van der Waals surface area contributed by atoms with E-state index in [9.17, 15) is 8.42 Å². The number of nitrogens with zero attached hydrogens (tertiary/aromatic N) is 3. The molecule has 1 unspecified atom stereocenters. The summed E-state index contributed by atoms with van der Waals surface area (Å²) in [7, 11) is -3.60. The van der Waals surface area contributed by atoms with Crippen molar-refractivity contribution < 1.29 is 8.42 Å². The number of thiophene rings is 2. The van der Waals surface area contributed by atoms with Gasteiger partial charge in [0.25, 0.3) is 0 Å². The number of anilines is 1. The largest absolute Gasteiger partial charge is 0.355 e. The van der Waals surface area contributed by atoms with E-state index < -0.39 is 15.3 Å². The molecule has 5 rings (SSSR count). The molecule has 0 bridgehead atoms. The fourth-order valence-electron chi connectivity index (χ4n) is 3.90. The first-order valence-corrected chi connectivity index (χ1v) is 13.0. The van der Waals surface area contributed by atoms with Crippen LogP contribution >= 0.6 is 22.7 Å². The van der Waals surface area contributed by atoms with Gasteiger partial charge in [0.2, 0.25) is 10.0 Å². The van der Waals surface area contributed by atoms with Crippen LogP contribution in [-0.4, -0.2) is 36.7 Å². The van der Waals surface area contributed by atoms with Gasteiger partial charge in [0.05, 0.1) is 15.5 Å². The molecule has 0 aliphatic carbocycles. The maximum atomic E-state index is 12.0. The van der Waals surface area contributed by atoms with Crippen molar-refractivity contribution in [3.05, 3.63) is 53.2 Å². The minimum absolute atomic E-state index is 0.346. The minimum Gasteiger partial charge on any atom is -0.355 e. The summed E-state index contributed by atoms with van der Waals surface area (Å²) < 4.78 is 24.1. The van der Waals surface area contributed by atoms with E-state index in [1.165, 1.54) is 0 Å². The standard InChI is InChI=1S/C21H20N4O2S3/c22-30(26,27)15-8-4-10-25(12-15)20-18-16(14-6-2-1-3-7-14)13-29-21(18)24-19(23-20)17-9-5-11-28-17/h1-3,5-7,9,11,13,15H,4,8,10,12H2,(H2,22,26,27). The van der Waals surface area contributed by atoms with Crippen LogP contribution in [0, 0.1) is 0 Å².